The van der Waals surface area contributed by atoms with Gasteiger partial charge in [0.25, 0.3) is 5.91 Å². The summed E-state index contributed by atoms with van der Waals surface area (Å²) in [5, 5.41) is 2.82. The van der Waals surface area contributed by atoms with E-state index >= 15 is 0 Å². The summed E-state index contributed by atoms with van der Waals surface area (Å²) in [6.07, 6.45) is 5.94. The van der Waals surface area contributed by atoms with E-state index in [0.29, 0.717) is 12.0 Å². The van der Waals surface area contributed by atoms with Gasteiger partial charge in [0.05, 0.1) is 11.6 Å². The van der Waals surface area contributed by atoms with E-state index in [-0.39, 0.29) is 5.91 Å². The fourth-order valence-electron chi connectivity index (χ4n) is 3.28. The van der Waals surface area contributed by atoms with Crippen LogP contribution >= 0.6 is 0 Å². The second-order valence-corrected chi connectivity index (χ2v) is 6.40. The van der Waals surface area contributed by atoms with E-state index in [1.807, 2.05) is 60.9 Å². The second kappa shape index (κ2) is 8.47. The standard InChI is InChI=1S/C21H23N2O2/c24-16-18(15-17-9-3-1-4-10-17)22-21(25)19-11-5-6-12-20(19)23-13-7-2-8-14-23/h1,3-6,9-12,18H,2,7-8,13-15H2,(H,22,25). The van der Waals surface area contributed by atoms with E-state index in [0.717, 1.165) is 37.2 Å². The maximum Gasteiger partial charge on any atom is 0.253 e. The topological polar surface area (TPSA) is 49.4 Å². The number of carbonyl (C=O) groups excluding carboxylic acids is 2. The van der Waals surface area contributed by atoms with E-state index in [9.17, 15) is 9.59 Å². The van der Waals surface area contributed by atoms with Crippen LogP contribution in [-0.4, -0.2) is 31.3 Å². The summed E-state index contributed by atoms with van der Waals surface area (Å²) in [5.41, 5.74) is 2.57. The SMILES string of the molecule is O=[C]C(Cc1ccccc1)NC(=O)c1ccccc1N1CCCCC1. The fourth-order valence-corrected chi connectivity index (χ4v) is 3.28. The van der Waals surface area contributed by atoms with E-state index in [1.54, 1.807) is 0 Å². The first-order valence-electron chi connectivity index (χ1n) is 8.84. The third kappa shape index (κ3) is 4.47. The highest BCUT2D eigenvalue weighted by atomic mass is 16.2. The molecule has 4 nitrogen and oxygen atoms in total. The van der Waals surface area contributed by atoms with Crippen molar-refractivity contribution in [3.63, 3.8) is 0 Å². The number of rotatable bonds is 6. The Bertz CT molecular complexity index is 709. The molecule has 2 aromatic rings. The molecule has 1 radical (unpaired) electrons. The molecule has 1 amide bonds. The maximum atomic E-state index is 12.8. The van der Waals surface area contributed by atoms with Crippen LogP contribution in [0.5, 0.6) is 0 Å². The maximum absolute atomic E-state index is 12.8. The first kappa shape index (κ1) is 17.2. The van der Waals surface area contributed by atoms with Gasteiger partial charge in [0.15, 0.2) is 0 Å². The lowest BCUT2D eigenvalue weighted by atomic mass is 10.0. The van der Waals surface area contributed by atoms with E-state index in [4.69, 9.17) is 0 Å². The van der Waals surface area contributed by atoms with Crippen LogP contribution in [-0.2, 0) is 11.2 Å². The summed E-state index contributed by atoms with van der Waals surface area (Å²) in [6.45, 7) is 1.94. The Morgan fingerprint density at radius 1 is 1.00 bits per heavy atom. The smallest absolute Gasteiger partial charge is 0.253 e. The van der Waals surface area contributed by atoms with Gasteiger partial charge in [-0.2, -0.15) is 0 Å². The number of benzene rings is 2. The third-order valence-corrected chi connectivity index (χ3v) is 4.58. The largest absolute Gasteiger partial charge is 0.371 e. The van der Waals surface area contributed by atoms with Gasteiger partial charge in [0.2, 0.25) is 6.29 Å². The van der Waals surface area contributed by atoms with Crippen molar-refractivity contribution in [3.8, 4) is 0 Å². The van der Waals surface area contributed by atoms with Crippen LogP contribution in [0.2, 0.25) is 0 Å². The number of hydrogen-bond donors (Lipinski definition) is 1. The predicted octanol–water partition coefficient (Wildman–Crippen LogP) is 3.13. The summed E-state index contributed by atoms with van der Waals surface area (Å²) in [5.74, 6) is -0.217. The Labute approximate surface area is 148 Å². The molecule has 0 aliphatic carbocycles. The van der Waals surface area contributed by atoms with Crippen molar-refractivity contribution in [1.82, 2.24) is 5.32 Å². The van der Waals surface area contributed by atoms with Crippen LogP contribution in [0.1, 0.15) is 35.2 Å². The monoisotopic (exact) mass is 335 g/mol. The molecule has 25 heavy (non-hydrogen) atoms. The number of amides is 1. The highest BCUT2D eigenvalue weighted by molar-refractivity contribution is 6.01. The van der Waals surface area contributed by atoms with E-state index in [2.05, 4.69) is 10.2 Å². The number of nitrogens with zero attached hydrogens (tertiary/aromatic N) is 1. The Hall–Kier alpha value is -2.62. The van der Waals surface area contributed by atoms with Crippen LogP contribution in [0.3, 0.4) is 0 Å². The lowest BCUT2D eigenvalue weighted by molar-refractivity contribution is 0.0946. The number of piperidine rings is 1. The Morgan fingerprint density at radius 2 is 1.68 bits per heavy atom. The molecule has 0 bridgehead atoms. The average Bonchev–Trinajstić information content (AvgIpc) is 2.69. The van der Waals surface area contributed by atoms with E-state index in [1.165, 1.54) is 6.42 Å². The quantitative estimate of drug-likeness (QED) is 0.882. The summed E-state index contributed by atoms with van der Waals surface area (Å²) < 4.78 is 0. The molecule has 2 aromatic carbocycles. The highest BCUT2D eigenvalue weighted by Crippen LogP contribution is 2.24. The molecule has 1 aliphatic rings. The minimum atomic E-state index is -0.649. The lowest BCUT2D eigenvalue weighted by Gasteiger charge is -2.30. The molecule has 129 valence electrons. The van der Waals surface area contributed by atoms with Gasteiger partial charge < -0.3 is 10.2 Å². The molecule has 1 heterocycles. The van der Waals surface area contributed by atoms with Gasteiger partial charge in [-0.1, -0.05) is 42.5 Å². The molecule has 0 aromatic heterocycles. The molecule has 1 aliphatic heterocycles. The molecule has 1 atom stereocenters. The molecule has 4 heteroatoms. The van der Waals surface area contributed by atoms with Gasteiger partial charge in [-0.05, 0) is 37.0 Å². The van der Waals surface area contributed by atoms with Crippen molar-refractivity contribution >= 4 is 17.9 Å². The molecule has 1 fully saturated rings. The fraction of sp³-hybridized carbons (Fsp3) is 0.333. The molecular weight excluding hydrogens is 312 g/mol. The first-order chi connectivity index (χ1) is 12.3. The zero-order chi connectivity index (χ0) is 17.5. The number of nitrogens with one attached hydrogen (secondary N) is 1. The number of para-hydroxylation sites is 1. The van der Waals surface area contributed by atoms with Crippen molar-refractivity contribution in [3.05, 3.63) is 65.7 Å². The Balaban J connectivity index is 1.72. The molecular formula is C21H23N2O2. The molecule has 1 unspecified atom stereocenters. The van der Waals surface area contributed by atoms with Crippen molar-refractivity contribution < 1.29 is 9.59 Å². The Kier molecular flexibility index (Phi) is 5.83. The summed E-state index contributed by atoms with van der Waals surface area (Å²) >= 11 is 0. The summed E-state index contributed by atoms with van der Waals surface area (Å²) in [4.78, 5) is 26.3. The minimum Gasteiger partial charge on any atom is -0.371 e. The van der Waals surface area contributed by atoms with Gasteiger partial charge in [-0.3, -0.25) is 9.59 Å². The van der Waals surface area contributed by atoms with Gasteiger partial charge in [-0.15, -0.1) is 0 Å². The summed E-state index contributed by atoms with van der Waals surface area (Å²) in [7, 11) is 0. The van der Waals surface area contributed by atoms with Crippen LogP contribution in [0.25, 0.3) is 0 Å². The summed E-state index contributed by atoms with van der Waals surface area (Å²) in [6, 6.07) is 16.6. The van der Waals surface area contributed by atoms with Crippen LogP contribution in [0.15, 0.2) is 54.6 Å². The van der Waals surface area contributed by atoms with Crippen molar-refractivity contribution in [2.45, 2.75) is 31.7 Å². The average molecular weight is 335 g/mol. The zero-order valence-corrected chi connectivity index (χ0v) is 14.3. The zero-order valence-electron chi connectivity index (χ0n) is 14.3. The molecule has 3 rings (SSSR count). The second-order valence-electron chi connectivity index (χ2n) is 6.40. The molecule has 1 N–H and O–H groups in total. The van der Waals surface area contributed by atoms with Gasteiger partial charge in [0, 0.05) is 25.2 Å². The number of hydrogen-bond acceptors (Lipinski definition) is 3. The predicted molar refractivity (Wildman–Crippen MR) is 99.6 cm³/mol. The van der Waals surface area contributed by atoms with Crippen LogP contribution < -0.4 is 10.2 Å². The van der Waals surface area contributed by atoms with Crippen molar-refractivity contribution in [1.29, 1.82) is 0 Å². The third-order valence-electron chi connectivity index (χ3n) is 4.58. The van der Waals surface area contributed by atoms with Crippen molar-refractivity contribution in [2.75, 3.05) is 18.0 Å². The van der Waals surface area contributed by atoms with Gasteiger partial charge in [-0.25, -0.2) is 0 Å². The molecule has 1 saturated heterocycles. The normalized spacial score (nSPS) is 15.4. The number of carbonyl (C=O) groups is 1. The van der Waals surface area contributed by atoms with Gasteiger partial charge >= 0.3 is 0 Å². The first-order valence-corrected chi connectivity index (χ1v) is 8.84. The minimum absolute atomic E-state index is 0.217. The highest BCUT2D eigenvalue weighted by Gasteiger charge is 2.20. The van der Waals surface area contributed by atoms with Crippen LogP contribution in [0.4, 0.5) is 5.69 Å². The van der Waals surface area contributed by atoms with Crippen LogP contribution in [0, 0.1) is 0 Å². The van der Waals surface area contributed by atoms with Crippen molar-refractivity contribution in [2.24, 2.45) is 0 Å². The van der Waals surface area contributed by atoms with Gasteiger partial charge in [0.1, 0.15) is 0 Å². The molecule has 0 saturated carbocycles. The molecule has 0 spiro atoms. The van der Waals surface area contributed by atoms with E-state index < -0.39 is 6.04 Å². The Morgan fingerprint density at radius 3 is 2.40 bits per heavy atom. The lowest BCUT2D eigenvalue weighted by Crippen LogP contribution is -2.39. The number of anilines is 1.